The standard InChI is InChI=1S/C16H26N2OS/c1-13(20(4)19)11-18-12-16(2,3)17-10-15(18)14-8-6-5-7-9-14/h5-9,13,15,17H,10-12H2,1-4H3. The maximum Gasteiger partial charge on any atom is 0.0474 e. The third kappa shape index (κ3) is 3.90. The third-order valence-corrected chi connectivity index (χ3v) is 5.34. The summed E-state index contributed by atoms with van der Waals surface area (Å²) in [6, 6.07) is 11.0. The van der Waals surface area contributed by atoms with Crippen molar-refractivity contribution in [2.45, 2.75) is 37.6 Å². The molecule has 1 aromatic rings. The third-order valence-electron chi connectivity index (χ3n) is 4.06. The Labute approximate surface area is 125 Å². The highest BCUT2D eigenvalue weighted by molar-refractivity contribution is 7.84. The number of benzene rings is 1. The van der Waals surface area contributed by atoms with E-state index in [1.807, 2.05) is 0 Å². The maximum absolute atomic E-state index is 11.7. The Morgan fingerprint density at radius 3 is 2.65 bits per heavy atom. The molecule has 1 aromatic carbocycles. The Morgan fingerprint density at radius 1 is 1.40 bits per heavy atom. The molecule has 112 valence electrons. The molecule has 2 rings (SSSR count). The van der Waals surface area contributed by atoms with Crippen molar-refractivity contribution >= 4 is 10.8 Å². The first-order chi connectivity index (χ1) is 9.39. The highest BCUT2D eigenvalue weighted by atomic mass is 32.2. The molecule has 3 unspecified atom stereocenters. The summed E-state index contributed by atoms with van der Waals surface area (Å²) < 4.78 is 11.7. The van der Waals surface area contributed by atoms with E-state index in [0.29, 0.717) is 6.04 Å². The minimum absolute atomic E-state index is 0.111. The zero-order valence-electron chi connectivity index (χ0n) is 12.9. The van der Waals surface area contributed by atoms with Crippen LogP contribution in [-0.2, 0) is 10.8 Å². The summed E-state index contributed by atoms with van der Waals surface area (Å²) in [5, 5.41) is 3.83. The van der Waals surface area contributed by atoms with Crippen LogP contribution >= 0.6 is 0 Å². The average molecular weight is 294 g/mol. The van der Waals surface area contributed by atoms with Crippen molar-refractivity contribution < 1.29 is 4.21 Å². The van der Waals surface area contributed by atoms with E-state index in [9.17, 15) is 4.21 Å². The van der Waals surface area contributed by atoms with Gasteiger partial charge in [-0.1, -0.05) is 30.3 Å². The van der Waals surface area contributed by atoms with E-state index in [1.165, 1.54) is 5.56 Å². The van der Waals surface area contributed by atoms with E-state index in [0.717, 1.165) is 19.6 Å². The molecule has 0 radical (unpaired) electrons. The molecular weight excluding hydrogens is 268 g/mol. The van der Waals surface area contributed by atoms with Crippen molar-refractivity contribution in [2.24, 2.45) is 0 Å². The van der Waals surface area contributed by atoms with Gasteiger partial charge in [-0.15, -0.1) is 0 Å². The first-order valence-corrected chi connectivity index (χ1v) is 8.87. The van der Waals surface area contributed by atoms with Gasteiger partial charge in [0.1, 0.15) is 0 Å². The highest BCUT2D eigenvalue weighted by Gasteiger charge is 2.34. The van der Waals surface area contributed by atoms with Crippen molar-refractivity contribution in [1.82, 2.24) is 10.2 Å². The maximum atomic E-state index is 11.7. The molecule has 3 nitrogen and oxygen atoms in total. The summed E-state index contributed by atoms with van der Waals surface area (Å²) in [6.07, 6.45) is 1.80. The SMILES string of the molecule is CC(CN1CC(C)(C)NCC1c1ccccc1)S(C)=O. The number of nitrogens with one attached hydrogen (secondary N) is 1. The fourth-order valence-electron chi connectivity index (χ4n) is 2.81. The van der Waals surface area contributed by atoms with E-state index < -0.39 is 10.8 Å². The van der Waals surface area contributed by atoms with Gasteiger partial charge in [0.15, 0.2) is 0 Å². The molecule has 0 aromatic heterocycles. The number of nitrogens with zero attached hydrogens (tertiary/aromatic N) is 1. The molecular formula is C16H26N2OS. The second kappa shape index (κ2) is 6.37. The van der Waals surface area contributed by atoms with Crippen LogP contribution in [0.5, 0.6) is 0 Å². The second-order valence-electron chi connectivity index (χ2n) is 6.43. The fraction of sp³-hybridized carbons (Fsp3) is 0.625. The van der Waals surface area contributed by atoms with Gasteiger partial charge in [-0.2, -0.15) is 0 Å². The van der Waals surface area contributed by atoms with Gasteiger partial charge in [-0.3, -0.25) is 9.11 Å². The predicted molar refractivity (Wildman–Crippen MR) is 86.4 cm³/mol. The van der Waals surface area contributed by atoms with Crippen LogP contribution < -0.4 is 5.32 Å². The van der Waals surface area contributed by atoms with E-state index in [-0.39, 0.29) is 10.8 Å². The molecule has 0 aliphatic carbocycles. The molecule has 4 heteroatoms. The highest BCUT2D eigenvalue weighted by Crippen LogP contribution is 2.27. The van der Waals surface area contributed by atoms with Gasteiger partial charge in [-0.25, -0.2) is 0 Å². The van der Waals surface area contributed by atoms with Crippen LogP contribution in [0, 0.1) is 0 Å². The normalized spacial score (nSPS) is 26.1. The minimum atomic E-state index is -0.770. The quantitative estimate of drug-likeness (QED) is 0.924. The summed E-state index contributed by atoms with van der Waals surface area (Å²) in [5.74, 6) is 0. The van der Waals surface area contributed by atoms with Crippen LogP contribution in [-0.4, -0.2) is 45.8 Å². The first kappa shape index (κ1) is 15.7. The molecule has 3 atom stereocenters. The monoisotopic (exact) mass is 294 g/mol. The van der Waals surface area contributed by atoms with E-state index in [1.54, 1.807) is 6.26 Å². The number of piperazine rings is 1. The molecule has 1 fully saturated rings. The lowest BCUT2D eigenvalue weighted by molar-refractivity contribution is 0.0963. The molecule has 0 saturated carbocycles. The zero-order chi connectivity index (χ0) is 14.8. The van der Waals surface area contributed by atoms with Gasteiger partial charge in [-0.05, 0) is 26.3 Å². The molecule has 20 heavy (non-hydrogen) atoms. The van der Waals surface area contributed by atoms with Crippen LogP contribution in [0.3, 0.4) is 0 Å². The smallest absolute Gasteiger partial charge is 0.0474 e. The molecule has 0 spiro atoms. The lowest BCUT2D eigenvalue weighted by Crippen LogP contribution is -2.59. The second-order valence-corrected chi connectivity index (χ2v) is 8.23. The number of hydrogen-bond donors (Lipinski definition) is 1. The van der Waals surface area contributed by atoms with Crippen molar-refractivity contribution in [1.29, 1.82) is 0 Å². The van der Waals surface area contributed by atoms with Gasteiger partial charge in [0, 0.05) is 53.5 Å². The van der Waals surface area contributed by atoms with E-state index in [4.69, 9.17) is 0 Å². The molecule has 1 aliphatic heterocycles. The van der Waals surface area contributed by atoms with Crippen molar-refractivity contribution in [3.8, 4) is 0 Å². The summed E-state index contributed by atoms with van der Waals surface area (Å²) in [4.78, 5) is 2.48. The Balaban J connectivity index is 2.18. The number of rotatable bonds is 4. The van der Waals surface area contributed by atoms with Gasteiger partial charge < -0.3 is 5.32 Å². The molecule has 1 heterocycles. The summed E-state index contributed by atoms with van der Waals surface area (Å²) in [5.41, 5.74) is 1.45. The van der Waals surface area contributed by atoms with Crippen LogP contribution in [0.1, 0.15) is 32.4 Å². The lowest BCUT2D eigenvalue weighted by Gasteiger charge is -2.45. The Hall–Kier alpha value is -0.710. The van der Waals surface area contributed by atoms with E-state index >= 15 is 0 Å². The summed E-state index contributed by atoms with van der Waals surface area (Å²) in [7, 11) is -0.770. The van der Waals surface area contributed by atoms with Crippen LogP contribution in [0.25, 0.3) is 0 Å². The minimum Gasteiger partial charge on any atom is -0.309 e. The van der Waals surface area contributed by atoms with Gasteiger partial charge in [0.25, 0.3) is 0 Å². The largest absolute Gasteiger partial charge is 0.309 e. The van der Waals surface area contributed by atoms with Crippen molar-refractivity contribution in [3.63, 3.8) is 0 Å². The van der Waals surface area contributed by atoms with Crippen LogP contribution in [0.15, 0.2) is 30.3 Å². The Kier molecular flexibility index (Phi) is 4.99. The summed E-state index contributed by atoms with van der Waals surface area (Å²) in [6.45, 7) is 9.35. The van der Waals surface area contributed by atoms with Crippen LogP contribution in [0.4, 0.5) is 0 Å². The fourth-order valence-corrected chi connectivity index (χ4v) is 3.21. The predicted octanol–water partition coefficient (Wildman–Crippen LogP) is 2.18. The summed E-state index contributed by atoms with van der Waals surface area (Å²) >= 11 is 0. The van der Waals surface area contributed by atoms with Crippen molar-refractivity contribution in [3.05, 3.63) is 35.9 Å². The molecule has 0 amide bonds. The topological polar surface area (TPSA) is 32.3 Å². The number of hydrogen-bond acceptors (Lipinski definition) is 3. The van der Waals surface area contributed by atoms with E-state index in [2.05, 4.69) is 61.3 Å². The Morgan fingerprint density at radius 2 is 2.05 bits per heavy atom. The van der Waals surface area contributed by atoms with Gasteiger partial charge in [0.2, 0.25) is 0 Å². The molecule has 1 saturated heterocycles. The van der Waals surface area contributed by atoms with Gasteiger partial charge in [0.05, 0.1) is 0 Å². The van der Waals surface area contributed by atoms with Crippen LogP contribution in [0.2, 0.25) is 0 Å². The molecule has 1 N–H and O–H groups in total. The van der Waals surface area contributed by atoms with Gasteiger partial charge >= 0.3 is 0 Å². The first-order valence-electron chi connectivity index (χ1n) is 7.25. The zero-order valence-corrected chi connectivity index (χ0v) is 13.7. The van der Waals surface area contributed by atoms with Crippen molar-refractivity contribution in [2.75, 3.05) is 25.9 Å². The molecule has 1 aliphatic rings. The molecule has 0 bridgehead atoms. The Bertz CT molecular complexity index is 461. The average Bonchev–Trinajstić information content (AvgIpc) is 2.38. The lowest BCUT2D eigenvalue weighted by atomic mass is 9.94.